The Morgan fingerprint density at radius 1 is 1.07 bits per heavy atom. The number of nitriles is 2. The zero-order valence-corrected chi connectivity index (χ0v) is 15.2. The van der Waals surface area contributed by atoms with E-state index >= 15 is 0 Å². The van der Waals surface area contributed by atoms with Gasteiger partial charge in [-0.15, -0.1) is 0 Å². The maximum Gasteiger partial charge on any atom is 0.247 e. The lowest BCUT2D eigenvalue weighted by Crippen LogP contribution is -2.31. The summed E-state index contributed by atoms with van der Waals surface area (Å²) in [5.74, 6) is -1.38. The number of nitrogens with one attached hydrogen (secondary N) is 1. The number of thioether (sulfide) groups is 1. The predicted molar refractivity (Wildman–Crippen MR) is 103 cm³/mol. The molecule has 1 heterocycles. The standard InChI is InChI=1S/C20H13FN4O2S/c21-14-6-8-16(9-7-14)25-18(26)10-17(20(25)27)28-19(13(11-22)12-23)24-15-4-2-1-3-5-15/h1-9,17,24H,10H2/t17-/m0/s1. The van der Waals surface area contributed by atoms with E-state index in [4.69, 9.17) is 0 Å². The van der Waals surface area contributed by atoms with Crippen molar-refractivity contribution in [2.45, 2.75) is 11.7 Å². The zero-order chi connectivity index (χ0) is 20.1. The second-order valence-corrected chi connectivity index (χ2v) is 6.99. The topological polar surface area (TPSA) is 97.0 Å². The van der Waals surface area contributed by atoms with Gasteiger partial charge in [-0.2, -0.15) is 10.5 Å². The number of amides is 2. The summed E-state index contributed by atoms with van der Waals surface area (Å²) >= 11 is 0.955. The highest BCUT2D eigenvalue weighted by molar-refractivity contribution is 8.04. The first-order chi connectivity index (χ1) is 13.5. The molecule has 3 rings (SSSR count). The fraction of sp³-hybridized carbons (Fsp3) is 0.100. The van der Waals surface area contributed by atoms with Crippen molar-refractivity contribution < 1.29 is 14.0 Å². The number of rotatable bonds is 5. The Kier molecular flexibility index (Phi) is 5.73. The minimum absolute atomic E-state index is 0.0923. The number of allylic oxidation sites excluding steroid dienone is 1. The summed E-state index contributed by atoms with van der Waals surface area (Å²) in [5, 5.41) is 20.8. The molecular formula is C20H13FN4O2S. The summed E-state index contributed by atoms with van der Waals surface area (Å²) < 4.78 is 13.1. The van der Waals surface area contributed by atoms with E-state index in [1.165, 1.54) is 24.3 Å². The molecule has 8 heteroatoms. The number of imide groups is 1. The number of halogens is 1. The third kappa shape index (κ3) is 4.03. The van der Waals surface area contributed by atoms with Gasteiger partial charge in [0.05, 0.1) is 10.9 Å². The fourth-order valence-electron chi connectivity index (χ4n) is 2.63. The normalized spacial score (nSPS) is 15.7. The van der Waals surface area contributed by atoms with Gasteiger partial charge in [0.1, 0.15) is 23.0 Å². The smallest absolute Gasteiger partial charge is 0.247 e. The lowest BCUT2D eigenvalue weighted by atomic mass is 10.3. The van der Waals surface area contributed by atoms with Crippen LogP contribution in [-0.4, -0.2) is 17.1 Å². The molecular weight excluding hydrogens is 379 g/mol. The number of carbonyl (C=O) groups is 2. The van der Waals surface area contributed by atoms with Crippen LogP contribution in [0.2, 0.25) is 0 Å². The van der Waals surface area contributed by atoms with Crippen LogP contribution in [0.1, 0.15) is 6.42 Å². The maximum absolute atomic E-state index is 13.1. The number of nitrogens with zero attached hydrogens (tertiary/aromatic N) is 3. The van der Waals surface area contributed by atoms with Crippen LogP contribution in [0.5, 0.6) is 0 Å². The summed E-state index contributed by atoms with van der Waals surface area (Å²) in [4.78, 5) is 26.1. The Morgan fingerprint density at radius 3 is 2.32 bits per heavy atom. The highest BCUT2D eigenvalue weighted by atomic mass is 32.2. The summed E-state index contributed by atoms with van der Waals surface area (Å²) in [6, 6.07) is 17.5. The number of hydrogen-bond donors (Lipinski definition) is 1. The summed E-state index contributed by atoms with van der Waals surface area (Å²) in [7, 11) is 0. The molecule has 28 heavy (non-hydrogen) atoms. The van der Waals surface area contributed by atoms with Crippen molar-refractivity contribution in [3.05, 3.63) is 71.0 Å². The van der Waals surface area contributed by atoms with Crippen molar-refractivity contribution in [2.24, 2.45) is 0 Å². The molecule has 0 unspecified atom stereocenters. The van der Waals surface area contributed by atoms with Gasteiger partial charge in [-0.3, -0.25) is 9.59 Å². The average molecular weight is 392 g/mol. The lowest BCUT2D eigenvalue weighted by Gasteiger charge is -2.16. The van der Waals surface area contributed by atoms with E-state index in [0.29, 0.717) is 5.69 Å². The molecule has 0 spiro atoms. The molecule has 0 saturated carbocycles. The van der Waals surface area contributed by atoms with Gasteiger partial charge in [0.25, 0.3) is 0 Å². The molecule has 0 aromatic heterocycles. The largest absolute Gasteiger partial charge is 0.349 e. The lowest BCUT2D eigenvalue weighted by molar-refractivity contribution is -0.121. The van der Waals surface area contributed by atoms with Crippen molar-refractivity contribution in [1.82, 2.24) is 0 Å². The molecule has 0 aliphatic carbocycles. The Labute approximate surface area is 164 Å². The van der Waals surface area contributed by atoms with Crippen LogP contribution in [0.25, 0.3) is 0 Å². The molecule has 138 valence electrons. The molecule has 0 radical (unpaired) electrons. The Balaban J connectivity index is 1.85. The highest BCUT2D eigenvalue weighted by Crippen LogP contribution is 2.35. The molecule has 1 aliphatic rings. The molecule has 1 fully saturated rings. The SMILES string of the molecule is N#CC(C#N)=C(Nc1ccccc1)S[C@H]1CC(=O)N(c2ccc(F)cc2)C1=O. The van der Waals surface area contributed by atoms with Crippen LogP contribution in [0.15, 0.2) is 65.2 Å². The van der Waals surface area contributed by atoms with Crippen molar-refractivity contribution in [2.75, 3.05) is 10.2 Å². The van der Waals surface area contributed by atoms with E-state index in [-0.39, 0.29) is 22.7 Å². The summed E-state index contributed by atoms with van der Waals surface area (Å²) in [5.41, 5.74) is 0.733. The predicted octanol–water partition coefficient (Wildman–Crippen LogP) is 3.56. The molecule has 0 bridgehead atoms. The first-order valence-electron chi connectivity index (χ1n) is 8.19. The molecule has 1 N–H and O–H groups in total. The van der Waals surface area contributed by atoms with Crippen LogP contribution < -0.4 is 10.2 Å². The average Bonchev–Trinajstić information content (AvgIpc) is 2.97. The third-order valence-corrected chi connectivity index (χ3v) is 5.13. The van der Waals surface area contributed by atoms with E-state index in [2.05, 4.69) is 5.32 Å². The van der Waals surface area contributed by atoms with E-state index in [1.54, 1.807) is 36.4 Å². The Hall–Kier alpha value is -3.62. The van der Waals surface area contributed by atoms with Gasteiger partial charge < -0.3 is 5.32 Å². The van der Waals surface area contributed by atoms with Crippen LogP contribution in [0, 0.1) is 28.5 Å². The number of benzene rings is 2. The molecule has 1 atom stereocenters. The summed E-state index contributed by atoms with van der Waals surface area (Å²) in [6.45, 7) is 0. The van der Waals surface area contributed by atoms with E-state index < -0.39 is 22.9 Å². The van der Waals surface area contributed by atoms with Crippen LogP contribution in [-0.2, 0) is 9.59 Å². The monoisotopic (exact) mass is 392 g/mol. The van der Waals surface area contributed by atoms with E-state index in [9.17, 15) is 24.5 Å². The van der Waals surface area contributed by atoms with E-state index in [1.807, 2.05) is 6.07 Å². The van der Waals surface area contributed by atoms with Gasteiger partial charge in [-0.1, -0.05) is 30.0 Å². The molecule has 6 nitrogen and oxygen atoms in total. The van der Waals surface area contributed by atoms with Gasteiger partial charge in [0.15, 0.2) is 5.57 Å². The number of carbonyl (C=O) groups excluding carboxylic acids is 2. The number of para-hydroxylation sites is 1. The van der Waals surface area contributed by atoms with Gasteiger partial charge in [0, 0.05) is 12.1 Å². The Bertz CT molecular complexity index is 1010. The van der Waals surface area contributed by atoms with Gasteiger partial charge >= 0.3 is 0 Å². The second kappa shape index (κ2) is 8.38. The van der Waals surface area contributed by atoms with Crippen LogP contribution in [0.3, 0.4) is 0 Å². The Morgan fingerprint density at radius 2 is 1.71 bits per heavy atom. The van der Waals surface area contributed by atoms with Gasteiger partial charge in [-0.05, 0) is 36.4 Å². The maximum atomic E-state index is 13.1. The zero-order valence-electron chi connectivity index (χ0n) is 14.4. The van der Waals surface area contributed by atoms with E-state index in [0.717, 1.165) is 16.7 Å². The molecule has 2 aromatic rings. The number of hydrogen-bond acceptors (Lipinski definition) is 6. The molecule has 1 saturated heterocycles. The minimum atomic E-state index is -0.805. The van der Waals surface area contributed by atoms with Crippen molar-refractivity contribution in [3.63, 3.8) is 0 Å². The molecule has 2 amide bonds. The highest BCUT2D eigenvalue weighted by Gasteiger charge is 2.41. The van der Waals surface area contributed by atoms with Crippen molar-refractivity contribution in [3.8, 4) is 12.1 Å². The van der Waals surface area contributed by atoms with Crippen LogP contribution in [0.4, 0.5) is 15.8 Å². The molecule has 2 aromatic carbocycles. The van der Waals surface area contributed by atoms with Crippen molar-refractivity contribution >= 4 is 35.0 Å². The quantitative estimate of drug-likeness (QED) is 0.617. The first kappa shape index (κ1) is 19.2. The van der Waals surface area contributed by atoms with Gasteiger partial charge in [-0.25, -0.2) is 9.29 Å². The van der Waals surface area contributed by atoms with Crippen LogP contribution >= 0.6 is 11.8 Å². The molecule has 1 aliphatic heterocycles. The third-order valence-electron chi connectivity index (χ3n) is 3.93. The summed E-state index contributed by atoms with van der Waals surface area (Å²) in [6.07, 6.45) is -0.0923. The van der Waals surface area contributed by atoms with Gasteiger partial charge in [0.2, 0.25) is 11.8 Å². The second-order valence-electron chi connectivity index (χ2n) is 5.77. The fourth-order valence-corrected chi connectivity index (χ4v) is 3.73. The number of anilines is 2. The minimum Gasteiger partial charge on any atom is -0.349 e. The van der Waals surface area contributed by atoms with Crippen molar-refractivity contribution in [1.29, 1.82) is 10.5 Å². The first-order valence-corrected chi connectivity index (χ1v) is 9.07.